The summed E-state index contributed by atoms with van der Waals surface area (Å²) in [4.78, 5) is 24.1. The Balaban J connectivity index is 4.10. The quantitative estimate of drug-likeness (QED) is 0.650. The van der Waals surface area contributed by atoms with Gasteiger partial charge in [-0.05, 0) is 13.0 Å². The number of nitrogens with two attached hydrogens (primary N) is 1. The number of carbonyl (C=O) groups excluding carboxylic acids is 2. The Hall–Kier alpha value is -0.900. The zero-order valence-corrected chi connectivity index (χ0v) is 9.95. The second-order valence-electron chi connectivity index (χ2n) is 4.15. The lowest BCUT2D eigenvalue weighted by molar-refractivity contribution is -0.124. The van der Waals surface area contributed by atoms with Crippen LogP contribution in [0.1, 0.15) is 33.6 Å². The third kappa shape index (κ3) is 7.08. The fraction of sp³-hybridized carbons (Fsp3) is 0.818. The van der Waals surface area contributed by atoms with Gasteiger partial charge in [-0.2, -0.15) is 0 Å². The first-order valence-electron chi connectivity index (χ1n) is 5.50. The lowest BCUT2D eigenvalue weighted by Gasteiger charge is -2.20. The van der Waals surface area contributed by atoms with E-state index in [1.807, 2.05) is 18.7 Å². The fourth-order valence-electron chi connectivity index (χ4n) is 1.22. The number of ketones is 1. The second kappa shape index (κ2) is 7.40. The lowest BCUT2D eigenvalue weighted by Crippen LogP contribution is -2.39. The number of hydrogen-bond acceptors (Lipinski definition) is 3. The van der Waals surface area contributed by atoms with Gasteiger partial charge in [-0.15, -0.1) is 0 Å². The predicted octanol–water partition coefficient (Wildman–Crippen LogP) is 0.799. The van der Waals surface area contributed by atoms with Gasteiger partial charge in [-0.3, -0.25) is 14.5 Å². The normalized spacial score (nSPS) is 11.0. The molecule has 0 aromatic rings. The minimum atomic E-state index is -0.373. The molecule has 0 aliphatic carbocycles. The molecule has 0 aliphatic rings. The largest absolute Gasteiger partial charge is 0.369 e. The molecule has 0 saturated heterocycles. The lowest BCUT2D eigenvalue weighted by atomic mass is 10.1. The monoisotopic (exact) mass is 214 g/mol. The first-order valence-corrected chi connectivity index (χ1v) is 5.50. The van der Waals surface area contributed by atoms with E-state index in [0.717, 1.165) is 19.4 Å². The number of carbonyl (C=O) groups is 2. The zero-order chi connectivity index (χ0) is 11.8. The molecular formula is C11H22N2O2. The summed E-state index contributed by atoms with van der Waals surface area (Å²) < 4.78 is 0. The van der Waals surface area contributed by atoms with Crippen molar-refractivity contribution in [2.75, 3.05) is 19.6 Å². The molecule has 0 heterocycles. The van der Waals surface area contributed by atoms with Crippen molar-refractivity contribution in [3.8, 4) is 0 Å². The average Bonchev–Trinajstić information content (AvgIpc) is 2.13. The van der Waals surface area contributed by atoms with Crippen LogP contribution in [-0.4, -0.2) is 36.2 Å². The van der Waals surface area contributed by atoms with E-state index < -0.39 is 0 Å². The number of hydrogen-bond donors (Lipinski definition) is 1. The van der Waals surface area contributed by atoms with Gasteiger partial charge in [0.25, 0.3) is 0 Å². The van der Waals surface area contributed by atoms with Crippen molar-refractivity contribution in [3.05, 3.63) is 0 Å². The summed E-state index contributed by atoms with van der Waals surface area (Å²) in [5.41, 5.74) is 5.13. The van der Waals surface area contributed by atoms with Crippen molar-refractivity contribution in [3.63, 3.8) is 0 Å². The highest BCUT2D eigenvalue weighted by Crippen LogP contribution is 2.00. The highest BCUT2D eigenvalue weighted by Gasteiger charge is 2.14. The molecule has 0 aliphatic heterocycles. The highest BCUT2D eigenvalue weighted by atomic mass is 16.1. The molecule has 0 bridgehead atoms. The Labute approximate surface area is 91.8 Å². The predicted molar refractivity (Wildman–Crippen MR) is 60.4 cm³/mol. The molecule has 0 atom stereocenters. The van der Waals surface area contributed by atoms with Gasteiger partial charge in [0.1, 0.15) is 5.78 Å². The summed E-state index contributed by atoms with van der Waals surface area (Å²) in [5.74, 6) is -0.197. The van der Waals surface area contributed by atoms with Gasteiger partial charge in [0.05, 0.1) is 13.1 Å². The fourth-order valence-corrected chi connectivity index (χ4v) is 1.22. The van der Waals surface area contributed by atoms with Crippen LogP contribution in [0, 0.1) is 5.92 Å². The van der Waals surface area contributed by atoms with Gasteiger partial charge in [-0.1, -0.05) is 27.2 Å². The topological polar surface area (TPSA) is 63.4 Å². The van der Waals surface area contributed by atoms with Crippen LogP contribution in [0.25, 0.3) is 0 Å². The van der Waals surface area contributed by atoms with Gasteiger partial charge in [0.2, 0.25) is 5.91 Å². The SMILES string of the molecule is CCCCN(CC(N)=O)CC(=O)C(C)C. The molecule has 0 aromatic carbocycles. The Bertz CT molecular complexity index is 215. The molecule has 4 nitrogen and oxygen atoms in total. The van der Waals surface area contributed by atoms with Crippen LogP contribution in [0.15, 0.2) is 0 Å². The summed E-state index contributed by atoms with van der Waals surface area (Å²) in [6.45, 7) is 7.08. The Morgan fingerprint density at radius 2 is 1.87 bits per heavy atom. The molecule has 0 radical (unpaired) electrons. The maximum absolute atomic E-state index is 11.5. The molecule has 15 heavy (non-hydrogen) atoms. The summed E-state index contributed by atoms with van der Waals surface area (Å²) in [7, 11) is 0. The molecule has 0 aromatic heterocycles. The van der Waals surface area contributed by atoms with E-state index in [-0.39, 0.29) is 24.2 Å². The van der Waals surface area contributed by atoms with E-state index in [1.165, 1.54) is 0 Å². The van der Waals surface area contributed by atoms with E-state index >= 15 is 0 Å². The highest BCUT2D eigenvalue weighted by molar-refractivity contribution is 5.83. The number of amides is 1. The molecule has 0 rings (SSSR count). The summed E-state index contributed by atoms with van der Waals surface area (Å²) >= 11 is 0. The van der Waals surface area contributed by atoms with Crippen LogP contribution < -0.4 is 5.73 Å². The van der Waals surface area contributed by atoms with Crippen molar-refractivity contribution in [2.24, 2.45) is 11.7 Å². The smallest absolute Gasteiger partial charge is 0.231 e. The van der Waals surface area contributed by atoms with Gasteiger partial charge in [0.15, 0.2) is 0 Å². The maximum atomic E-state index is 11.5. The molecule has 88 valence electrons. The van der Waals surface area contributed by atoms with E-state index in [1.54, 1.807) is 0 Å². The molecule has 1 amide bonds. The van der Waals surface area contributed by atoms with Gasteiger partial charge >= 0.3 is 0 Å². The summed E-state index contributed by atoms with van der Waals surface area (Å²) in [6, 6.07) is 0. The molecule has 0 fully saturated rings. The molecule has 4 heteroatoms. The first-order chi connectivity index (χ1) is 6.97. The van der Waals surface area contributed by atoms with Crippen molar-refractivity contribution >= 4 is 11.7 Å². The molecular weight excluding hydrogens is 192 g/mol. The molecule has 0 saturated carbocycles. The molecule has 2 N–H and O–H groups in total. The van der Waals surface area contributed by atoms with E-state index in [9.17, 15) is 9.59 Å². The van der Waals surface area contributed by atoms with Crippen LogP contribution in [0.3, 0.4) is 0 Å². The van der Waals surface area contributed by atoms with Gasteiger partial charge < -0.3 is 5.73 Å². The number of rotatable bonds is 8. The van der Waals surface area contributed by atoms with Gasteiger partial charge in [-0.25, -0.2) is 0 Å². The van der Waals surface area contributed by atoms with Gasteiger partial charge in [0, 0.05) is 5.92 Å². The number of Topliss-reactive ketones (excluding diaryl/α,β-unsaturated/α-hetero) is 1. The Morgan fingerprint density at radius 3 is 2.27 bits per heavy atom. The van der Waals surface area contributed by atoms with Crippen LogP contribution in [-0.2, 0) is 9.59 Å². The standard InChI is InChI=1S/C11H22N2O2/c1-4-5-6-13(8-11(12)15)7-10(14)9(2)3/h9H,4-8H2,1-3H3,(H2,12,15). The molecule has 0 unspecified atom stereocenters. The number of nitrogens with zero attached hydrogens (tertiary/aromatic N) is 1. The Morgan fingerprint density at radius 1 is 1.27 bits per heavy atom. The third-order valence-electron chi connectivity index (χ3n) is 2.23. The minimum absolute atomic E-state index is 0.0157. The zero-order valence-electron chi connectivity index (χ0n) is 9.95. The number of unbranched alkanes of at least 4 members (excludes halogenated alkanes) is 1. The van der Waals surface area contributed by atoms with Crippen molar-refractivity contribution < 1.29 is 9.59 Å². The third-order valence-corrected chi connectivity index (χ3v) is 2.23. The van der Waals surface area contributed by atoms with Crippen molar-refractivity contribution in [1.82, 2.24) is 4.90 Å². The molecule has 0 spiro atoms. The van der Waals surface area contributed by atoms with E-state index in [2.05, 4.69) is 6.92 Å². The summed E-state index contributed by atoms with van der Waals surface area (Å²) in [6.07, 6.45) is 2.03. The first kappa shape index (κ1) is 14.1. The van der Waals surface area contributed by atoms with Crippen molar-refractivity contribution in [2.45, 2.75) is 33.6 Å². The average molecular weight is 214 g/mol. The van der Waals surface area contributed by atoms with E-state index in [4.69, 9.17) is 5.73 Å². The minimum Gasteiger partial charge on any atom is -0.369 e. The van der Waals surface area contributed by atoms with Crippen LogP contribution in [0.2, 0.25) is 0 Å². The van der Waals surface area contributed by atoms with Crippen LogP contribution in [0.4, 0.5) is 0 Å². The summed E-state index contributed by atoms with van der Waals surface area (Å²) in [5, 5.41) is 0. The van der Waals surface area contributed by atoms with Crippen LogP contribution in [0.5, 0.6) is 0 Å². The van der Waals surface area contributed by atoms with Crippen LogP contribution >= 0.6 is 0 Å². The van der Waals surface area contributed by atoms with Crippen molar-refractivity contribution in [1.29, 1.82) is 0 Å². The Kier molecular flexibility index (Phi) is 6.96. The number of primary amides is 1. The second-order valence-corrected chi connectivity index (χ2v) is 4.15. The maximum Gasteiger partial charge on any atom is 0.231 e. The van der Waals surface area contributed by atoms with E-state index in [0.29, 0.717) is 6.54 Å².